The van der Waals surface area contributed by atoms with Gasteiger partial charge in [0.2, 0.25) is 0 Å². The monoisotopic (exact) mass is 317 g/mol. The second-order valence-electron chi connectivity index (χ2n) is 6.91. The van der Waals surface area contributed by atoms with E-state index < -0.39 is 24.3 Å². The molecule has 0 saturated carbocycles. The molecule has 0 bridgehead atoms. The maximum atomic E-state index is 10.0. The van der Waals surface area contributed by atoms with Crippen LogP contribution >= 0.6 is 0 Å². The predicted molar refractivity (Wildman–Crippen MR) is 82.0 cm³/mol. The van der Waals surface area contributed by atoms with Crippen molar-refractivity contribution in [1.82, 2.24) is 0 Å². The zero-order valence-corrected chi connectivity index (χ0v) is 13.9. The molecule has 2 aliphatic rings. The average Bonchev–Trinajstić information content (AvgIpc) is 2.94. The number of hydrogen-bond acceptors (Lipinski definition) is 6. The molecule has 0 aromatic rings. The van der Waals surface area contributed by atoms with Crippen LogP contribution < -0.4 is 5.73 Å². The lowest BCUT2D eigenvalue weighted by Crippen LogP contribution is -2.47. The summed E-state index contributed by atoms with van der Waals surface area (Å²) in [5.41, 5.74) is 6.38. The Morgan fingerprint density at radius 2 is 1.91 bits per heavy atom. The van der Waals surface area contributed by atoms with Gasteiger partial charge in [-0.25, -0.2) is 0 Å². The van der Waals surface area contributed by atoms with Gasteiger partial charge in [0, 0.05) is 12.0 Å². The number of aliphatic hydroxyl groups excluding tert-OH is 2. The van der Waals surface area contributed by atoms with Crippen molar-refractivity contribution in [2.24, 2.45) is 11.7 Å². The summed E-state index contributed by atoms with van der Waals surface area (Å²) in [7, 11) is 0. The van der Waals surface area contributed by atoms with Gasteiger partial charge in [-0.05, 0) is 20.3 Å². The van der Waals surface area contributed by atoms with E-state index in [0.717, 1.165) is 19.3 Å². The second kappa shape index (κ2) is 7.55. The van der Waals surface area contributed by atoms with Gasteiger partial charge in [-0.2, -0.15) is 0 Å². The molecule has 6 heteroatoms. The summed E-state index contributed by atoms with van der Waals surface area (Å²) in [6, 6.07) is -0.143. The van der Waals surface area contributed by atoms with E-state index in [1.165, 1.54) is 12.8 Å². The lowest BCUT2D eigenvalue weighted by Gasteiger charge is -2.31. The summed E-state index contributed by atoms with van der Waals surface area (Å²) in [6.07, 6.45) is 3.13. The number of hydrogen-bond donors (Lipinski definition) is 3. The van der Waals surface area contributed by atoms with E-state index in [0.29, 0.717) is 0 Å². The highest BCUT2D eigenvalue weighted by molar-refractivity contribution is 4.99. The van der Waals surface area contributed by atoms with E-state index in [-0.39, 0.29) is 24.7 Å². The van der Waals surface area contributed by atoms with Gasteiger partial charge in [0.1, 0.15) is 12.2 Å². The summed E-state index contributed by atoms with van der Waals surface area (Å²) < 4.78 is 17.5. The fourth-order valence-corrected chi connectivity index (χ4v) is 3.49. The van der Waals surface area contributed by atoms with E-state index >= 15 is 0 Å². The lowest BCUT2D eigenvalue weighted by atomic mass is 9.85. The van der Waals surface area contributed by atoms with Gasteiger partial charge >= 0.3 is 0 Å². The van der Waals surface area contributed by atoms with Crippen molar-refractivity contribution in [3.63, 3.8) is 0 Å². The molecule has 0 radical (unpaired) electrons. The molecule has 6 atom stereocenters. The molecular weight excluding hydrogens is 286 g/mol. The Bertz CT molecular complexity index is 351. The third-order valence-corrected chi connectivity index (χ3v) is 4.59. The summed E-state index contributed by atoms with van der Waals surface area (Å²) in [4.78, 5) is 0. The molecule has 2 rings (SSSR count). The number of ether oxygens (including phenoxy) is 3. The first-order chi connectivity index (χ1) is 10.4. The second-order valence-corrected chi connectivity index (χ2v) is 6.91. The van der Waals surface area contributed by atoms with Crippen LogP contribution in [0.15, 0.2) is 0 Å². The van der Waals surface area contributed by atoms with Crippen molar-refractivity contribution in [2.75, 3.05) is 6.61 Å². The number of nitrogens with two attached hydrogens (primary N) is 1. The van der Waals surface area contributed by atoms with Crippen LogP contribution in [0.1, 0.15) is 52.9 Å². The first-order valence-electron chi connectivity index (χ1n) is 8.45. The lowest BCUT2D eigenvalue weighted by molar-refractivity contribution is -0.223. The number of rotatable bonds is 8. The number of unbranched alkanes of at least 4 members (excludes halogenated alkanes) is 3. The van der Waals surface area contributed by atoms with Gasteiger partial charge in [-0.15, -0.1) is 0 Å². The molecule has 1 unspecified atom stereocenters. The van der Waals surface area contributed by atoms with Gasteiger partial charge in [-0.1, -0.05) is 32.6 Å². The van der Waals surface area contributed by atoms with Crippen molar-refractivity contribution in [3.8, 4) is 0 Å². The molecule has 0 spiro atoms. The largest absolute Gasteiger partial charge is 0.394 e. The van der Waals surface area contributed by atoms with Crippen molar-refractivity contribution in [3.05, 3.63) is 0 Å². The highest BCUT2D eigenvalue weighted by atomic mass is 16.8. The third kappa shape index (κ3) is 3.99. The fraction of sp³-hybridized carbons (Fsp3) is 1.00. The van der Waals surface area contributed by atoms with E-state index in [9.17, 15) is 10.2 Å². The van der Waals surface area contributed by atoms with E-state index in [4.69, 9.17) is 19.9 Å². The van der Waals surface area contributed by atoms with E-state index in [1.54, 1.807) is 0 Å². The smallest absolute Gasteiger partial charge is 0.188 e. The molecule has 0 aromatic heterocycles. The van der Waals surface area contributed by atoms with Gasteiger partial charge in [0.25, 0.3) is 0 Å². The van der Waals surface area contributed by atoms with Crippen LogP contribution in [-0.4, -0.2) is 53.3 Å². The Labute approximate surface area is 132 Å². The molecular formula is C16H31NO5. The zero-order valence-electron chi connectivity index (χ0n) is 13.9. The van der Waals surface area contributed by atoms with Gasteiger partial charge in [0.05, 0.1) is 12.7 Å². The molecule has 0 aliphatic carbocycles. The topological polar surface area (TPSA) is 94.2 Å². The predicted octanol–water partition coefficient (Wildman–Crippen LogP) is 1.13. The maximum absolute atomic E-state index is 10.0. The van der Waals surface area contributed by atoms with Crippen molar-refractivity contribution in [1.29, 1.82) is 0 Å². The molecule has 2 aliphatic heterocycles. The summed E-state index contributed by atoms with van der Waals surface area (Å²) >= 11 is 0. The zero-order chi connectivity index (χ0) is 16.3. The number of aliphatic hydroxyl groups is 2. The SMILES string of the molecule is CCCCCCC(N)[C@H]1[C@H]2OC(C)(C)O[C@H]2O[C@@H]1[C@H](O)CO. The van der Waals surface area contributed by atoms with Gasteiger partial charge < -0.3 is 30.2 Å². The van der Waals surface area contributed by atoms with Crippen molar-refractivity contribution >= 4 is 0 Å². The maximum Gasteiger partial charge on any atom is 0.188 e. The van der Waals surface area contributed by atoms with Gasteiger partial charge in [0.15, 0.2) is 12.1 Å². The summed E-state index contributed by atoms with van der Waals surface area (Å²) in [6.45, 7) is 5.51. The van der Waals surface area contributed by atoms with Crippen LogP contribution in [0.25, 0.3) is 0 Å². The first kappa shape index (κ1) is 18.1. The average molecular weight is 317 g/mol. The molecule has 0 aromatic carbocycles. The minimum Gasteiger partial charge on any atom is -0.394 e. The standard InChI is InChI=1S/C16H31NO5/c1-4-5-6-7-8-10(17)12-13(11(19)9-18)20-15-14(12)21-16(2,3)22-15/h10-15,18-19H,4-9,17H2,1-3H3/t10?,11-,12-,13-,14-,15-/m1/s1. The van der Waals surface area contributed by atoms with Crippen LogP contribution in [0.3, 0.4) is 0 Å². The third-order valence-electron chi connectivity index (χ3n) is 4.59. The van der Waals surface area contributed by atoms with Crippen molar-refractivity contribution in [2.45, 2.75) is 89.3 Å². The van der Waals surface area contributed by atoms with Crippen LogP contribution in [0.5, 0.6) is 0 Å². The van der Waals surface area contributed by atoms with Crippen LogP contribution in [0.2, 0.25) is 0 Å². The Balaban J connectivity index is 2.01. The van der Waals surface area contributed by atoms with Crippen LogP contribution in [0, 0.1) is 5.92 Å². The molecule has 2 saturated heterocycles. The number of fused-ring (bicyclic) bond motifs is 1. The molecule has 0 amide bonds. The molecule has 4 N–H and O–H groups in total. The Hall–Kier alpha value is -0.240. The first-order valence-corrected chi connectivity index (χ1v) is 8.45. The highest BCUT2D eigenvalue weighted by Gasteiger charge is 2.57. The van der Waals surface area contributed by atoms with E-state index in [2.05, 4.69) is 6.92 Å². The Kier molecular flexibility index (Phi) is 6.22. The van der Waals surface area contributed by atoms with Gasteiger partial charge in [-0.3, -0.25) is 0 Å². The molecule has 130 valence electrons. The quantitative estimate of drug-likeness (QED) is 0.581. The Morgan fingerprint density at radius 1 is 1.18 bits per heavy atom. The minimum atomic E-state index is -0.965. The van der Waals surface area contributed by atoms with Crippen LogP contribution in [0.4, 0.5) is 0 Å². The van der Waals surface area contributed by atoms with E-state index in [1.807, 2.05) is 13.8 Å². The normalized spacial score (nSPS) is 36.3. The molecule has 2 fully saturated rings. The fourth-order valence-electron chi connectivity index (χ4n) is 3.49. The summed E-state index contributed by atoms with van der Waals surface area (Å²) in [5, 5.41) is 19.3. The molecule has 6 nitrogen and oxygen atoms in total. The van der Waals surface area contributed by atoms with Crippen molar-refractivity contribution < 1.29 is 24.4 Å². The minimum absolute atomic E-state index is 0.143. The molecule has 22 heavy (non-hydrogen) atoms. The van der Waals surface area contributed by atoms with Crippen LogP contribution in [-0.2, 0) is 14.2 Å². The molecule has 2 heterocycles. The Morgan fingerprint density at radius 3 is 2.55 bits per heavy atom. The highest BCUT2D eigenvalue weighted by Crippen LogP contribution is 2.43. The summed E-state index contributed by atoms with van der Waals surface area (Å²) in [5.74, 6) is -0.875.